The van der Waals surface area contributed by atoms with Crippen LogP contribution in [0.4, 0.5) is 0 Å². The van der Waals surface area contributed by atoms with Crippen LogP contribution in [0.25, 0.3) is 0 Å². The average Bonchev–Trinajstić information content (AvgIpc) is 2.36. The number of sulfonamides is 1. The molecule has 5 heteroatoms. The molecule has 0 heterocycles. The van der Waals surface area contributed by atoms with Gasteiger partial charge in [0.05, 0.1) is 4.90 Å². The van der Waals surface area contributed by atoms with Crippen LogP contribution in [-0.2, 0) is 10.0 Å². The molecule has 0 saturated heterocycles. The third kappa shape index (κ3) is 4.34. The number of aryl methyl sites for hydroxylation is 1. The molecular weight excluding hydrogens is 274 g/mol. The van der Waals surface area contributed by atoms with E-state index < -0.39 is 15.6 Å². The van der Waals surface area contributed by atoms with Crippen LogP contribution in [-0.4, -0.2) is 25.7 Å². The molecule has 0 aliphatic carbocycles. The molecule has 0 aromatic heterocycles. The molecule has 4 nitrogen and oxygen atoms in total. The van der Waals surface area contributed by atoms with Crippen molar-refractivity contribution in [2.24, 2.45) is 0 Å². The van der Waals surface area contributed by atoms with Crippen molar-refractivity contribution >= 4 is 10.0 Å². The van der Waals surface area contributed by atoms with Gasteiger partial charge in [0.2, 0.25) is 10.0 Å². The summed E-state index contributed by atoms with van der Waals surface area (Å²) in [5.74, 6) is 5.34. The molecule has 0 spiro atoms. The summed E-state index contributed by atoms with van der Waals surface area (Å²) in [6.45, 7) is 7.20. The zero-order chi connectivity index (χ0) is 15.4. The zero-order valence-electron chi connectivity index (χ0n) is 12.3. The third-order valence-corrected chi connectivity index (χ3v) is 4.80. The molecule has 20 heavy (non-hydrogen) atoms. The van der Waals surface area contributed by atoms with E-state index in [1.54, 1.807) is 19.1 Å². The first-order valence-electron chi connectivity index (χ1n) is 6.46. The number of hydrogen-bond acceptors (Lipinski definition) is 3. The van der Waals surface area contributed by atoms with E-state index in [0.29, 0.717) is 12.0 Å². The second-order valence-corrected chi connectivity index (χ2v) is 6.96. The molecule has 0 radical (unpaired) electrons. The summed E-state index contributed by atoms with van der Waals surface area (Å²) >= 11 is 0. The lowest BCUT2D eigenvalue weighted by Crippen LogP contribution is -2.42. The van der Waals surface area contributed by atoms with Crippen LogP contribution in [0, 0.1) is 18.8 Å². The number of aliphatic hydroxyl groups excluding tert-OH is 1. The molecule has 1 rings (SSSR count). The lowest BCUT2D eigenvalue weighted by molar-refractivity contribution is 0.350. The predicted molar refractivity (Wildman–Crippen MR) is 79.8 cm³/mol. The molecule has 0 amide bonds. The topological polar surface area (TPSA) is 66.4 Å². The maximum atomic E-state index is 12.3. The first kappa shape index (κ1) is 16.7. The molecule has 110 valence electrons. The fourth-order valence-electron chi connectivity index (χ4n) is 1.57. The minimum absolute atomic E-state index is 0.217. The molecule has 2 N–H and O–H groups in total. The highest BCUT2D eigenvalue weighted by molar-refractivity contribution is 7.89. The monoisotopic (exact) mass is 295 g/mol. The Balaban J connectivity index is 3.12. The Bertz CT molecular complexity index is 637. The summed E-state index contributed by atoms with van der Waals surface area (Å²) < 4.78 is 27.3. The van der Waals surface area contributed by atoms with Crippen LogP contribution < -0.4 is 4.72 Å². The first-order valence-corrected chi connectivity index (χ1v) is 7.94. The number of aliphatic hydroxyl groups is 1. The van der Waals surface area contributed by atoms with Crippen LogP contribution >= 0.6 is 0 Å². The number of rotatable bonds is 4. The lowest BCUT2D eigenvalue weighted by atomic mass is 10.0. The van der Waals surface area contributed by atoms with Crippen LogP contribution in [0.3, 0.4) is 0 Å². The Morgan fingerprint density at radius 3 is 2.50 bits per heavy atom. The highest BCUT2D eigenvalue weighted by Crippen LogP contribution is 2.18. The molecule has 0 aliphatic heterocycles. The van der Waals surface area contributed by atoms with Crippen LogP contribution in [0.5, 0.6) is 0 Å². The van der Waals surface area contributed by atoms with E-state index in [2.05, 4.69) is 16.6 Å². The highest BCUT2D eigenvalue weighted by Gasteiger charge is 2.24. The van der Waals surface area contributed by atoms with E-state index in [-0.39, 0.29) is 11.5 Å². The van der Waals surface area contributed by atoms with E-state index in [4.69, 9.17) is 5.11 Å². The largest absolute Gasteiger partial charge is 0.384 e. The summed E-state index contributed by atoms with van der Waals surface area (Å²) in [5, 5.41) is 8.68. The van der Waals surface area contributed by atoms with Gasteiger partial charge in [0, 0.05) is 11.1 Å². The van der Waals surface area contributed by atoms with Crippen molar-refractivity contribution in [2.45, 2.75) is 44.6 Å². The molecular formula is C15H21NO3S. The number of benzene rings is 1. The van der Waals surface area contributed by atoms with E-state index in [1.807, 2.05) is 20.8 Å². The molecule has 0 fully saturated rings. The molecule has 0 unspecified atom stereocenters. The van der Waals surface area contributed by atoms with Crippen LogP contribution in [0.2, 0.25) is 0 Å². The van der Waals surface area contributed by atoms with Gasteiger partial charge >= 0.3 is 0 Å². The van der Waals surface area contributed by atoms with Crippen molar-refractivity contribution in [3.63, 3.8) is 0 Å². The summed E-state index contributed by atoms with van der Waals surface area (Å²) in [6.07, 6.45) is 0.700. The van der Waals surface area contributed by atoms with E-state index in [9.17, 15) is 8.42 Å². The minimum Gasteiger partial charge on any atom is -0.384 e. The Kier molecular flexibility index (Phi) is 5.35. The van der Waals surface area contributed by atoms with Crippen molar-refractivity contribution in [2.75, 3.05) is 6.61 Å². The Morgan fingerprint density at radius 2 is 2.00 bits per heavy atom. The maximum absolute atomic E-state index is 12.3. The SMILES string of the molecule is CCC(C)(C)NS(=O)(=O)c1ccc(C#CCO)c(C)c1. The fourth-order valence-corrected chi connectivity index (χ4v) is 3.14. The van der Waals surface area contributed by atoms with Gasteiger partial charge in [0.1, 0.15) is 6.61 Å². The fraction of sp³-hybridized carbons (Fsp3) is 0.467. The maximum Gasteiger partial charge on any atom is 0.241 e. The summed E-state index contributed by atoms with van der Waals surface area (Å²) in [7, 11) is -3.54. The van der Waals surface area contributed by atoms with Crippen molar-refractivity contribution in [3.05, 3.63) is 29.3 Å². The molecule has 0 bridgehead atoms. The van der Waals surface area contributed by atoms with Crippen molar-refractivity contribution in [1.29, 1.82) is 0 Å². The van der Waals surface area contributed by atoms with E-state index in [1.165, 1.54) is 6.07 Å². The van der Waals surface area contributed by atoms with Gasteiger partial charge < -0.3 is 5.11 Å². The second-order valence-electron chi connectivity index (χ2n) is 5.28. The second kappa shape index (κ2) is 6.40. The average molecular weight is 295 g/mol. The molecule has 0 saturated carbocycles. The number of hydrogen-bond donors (Lipinski definition) is 2. The van der Waals surface area contributed by atoms with Gasteiger partial charge in [-0.25, -0.2) is 13.1 Å². The Labute approximate surface area is 121 Å². The van der Waals surface area contributed by atoms with E-state index >= 15 is 0 Å². The molecule has 0 aliphatic rings. The predicted octanol–water partition coefficient (Wildman–Crippen LogP) is 1.81. The highest BCUT2D eigenvalue weighted by atomic mass is 32.2. The Hall–Kier alpha value is -1.35. The summed E-state index contributed by atoms with van der Waals surface area (Å²) in [5.41, 5.74) is 0.998. The lowest BCUT2D eigenvalue weighted by Gasteiger charge is -2.24. The molecule has 1 aromatic carbocycles. The minimum atomic E-state index is -3.54. The van der Waals surface area contributed by atoms with Crippen molar-refractivity contribution in [1.82, 2.24) is 4.72 Å². The normalized spacial score (nSPS) is 11.8. The van der Waals surface area contributed by atoms with Crippen LogP contribution in [0.15, 0.2) is 23.1 Å². The van der Waals surface area contributed by atoms with Gasteiger partial charge in [-0.05, 0) is 51.0 Å². The van der Waals surface area contributed by atoms with Gasteiger partial charge in [-0.2, -0.15) is 0 Å². The van der Waals surface area contributed by atoms with Gasteiger partial charge in [-0.15, -0.1) is 0 Å². The zero-order valence-corrected chi connectivity index (χ0v) is 13.1. The summed E-state index contributed by atoms with van der Waals surface area (Å²) in [6, 6.07) is 4.78. The smallest absolute Gasteiger partial charge is 0.241 e. The first-order chi connectivity index (χ1) is 9.22. The Morgan fingerprint density at radius 1 is 1.35 bits per heavy atom. The van der Waals surface area contributed by atoms with E-state index in [0.717, 1.165) is 5.56 Å². The standard InChI is InChI=1S/C15H21NO3S/c1-5-15(3,4)16-20(18,19)14-9-8-13(7-6-10-17)12(2)11-14/h8-9,11,16-17H,5,10H2,1-4H3. The van der Waals surface area contributed by atoms with Gasteiger partial charge in [-0.3, -0.25) is 0 Å². The third-order valence-electron chi connectivity index (χ3n) is 3.10. The van der Waals surface area contributed by atoms with Gasteiger partial charge in [-0.1, -0.05) is 18.8 Å². The summed E-state index contributed by atoms with van der Waals surface area (Å²) in [4.78, 5) is 0.228. The molecule has 0 atom stereocenters. The quantitative estimate of drug-likeness (QED) is 0.833. The molecule has 1 aromatic rings. The van der Waals surface area contributed by atoms with Crippen molar-refractivity contribution < 1.29 is 13.5 Å². The van der Waals surface area contributed by atoms with Gasteiger partial charge in [0.15, 0.2) is 0 Å². The van der Waals surface area contributed by atoms with Crippen LogP contribution in [0.1, 0.15) is 38.3 Å². The van der Waals surface area contributed by atoms with Gasteiger partial charge in [0.25, 0.3) is 0 Å². The number of nitrogens with one attached hydrogen (secondary N) is 1. The van der Waals surface area contributed by atoms with Crippen molar-refractivity contribution in [3.8, 4) is 11.8 Å².